The number of amides is 1. The maximum absolute atomic E-state index is 12.6. The molecule has 6 heteroatoms. The van der Waals surface area contributed by atoms with E-state index in [1.807, 2.05) is 17.0 Å². The molecule has 3 heterocycles. The summed E-state index contributed by atoms with van der Waals surface area (Å²) in [4.78, 5) is 21.5. The lowest BCUT2D eigenvalue weighted by molar-refractivity contribution is 0.0628. The molecule has 1 fully saturated rings. The van der Waals surface area contributed by atoms with Crippen LogP contribution in [0.15, 0.2) is 36.8 Å². The van der Waals surface area contributed by atoms with Gasteiger partial charge in [0, 0.05) is 38.2 Å². The number of aromatic nitrogens is 2. The first-order valence-corrected chi connectivity index (χ1v) is 6.89. The van der Waals surface area contributed by atoms with Crippen molar-refractivity contribution >= 4 is 17.5 Å². The van der Waals surface area contributed by atoms with Crippen LogP contribution in [-0.2, 0) is 0 Å². The normalized spacial score (nSPS) is 19.1. The van der Waals surface area contributed by atoms with Crippen molar-refractivity contribution in [3.05, 3.63) is 53.1 Å². The smallest absolute Gasteiger partial charge is 0.270 e. The predicted molar refractivity (Wildman–Crippen MR) is 76.7 cm³/mol. The fourth-order valence-corrected chi connectivity index (χ4v) is 2.63. The summed E-state index contributed by atoms with van der Waals surface area (Å²) in [5.74, 6) is -0.0350. The molecule has 1 aliphatic heterocycles. The zero-order valence-corrected chi connectivity index (χ0v) is 11.6. The lowest BCUT2D eigenvalue weighted by atomic mass is 10.0. The van der Waals surface area contributed by atoms with Gasteiger partial charge in [0.15, 0.2) is 0 Å². The van der Waals surface area contributed by atoms with Gasteiger partial charge in [-0.1, -0.05) is 17.7 Å². The van der Waals surface area contributed by atoms with Gasteiger partial charge in [-0.25, -0.2) is 0 Å². The summed E-state index contributed by atoms with van der Waals surface area (Å²) in [6.07, 6.45) is 5.16. The molecule has 0 spiro atoms. The summed E-state index contributed by atoms with van der Waals surface area (Å²) >= 11 is 5.87. The molecule has 1 amide bonds. The maximum Gasteiger partial charge on any atom is 0.270 e. The minimum Gasteiger partial charge on any atom is -0.356 e. The third-order valence-corrected chi connectivity index (χ3v) is 3.67. The van der Waals surface area contributed by atoms with Crippen molar-refractivity contribution in [2.24, 2.45) is 0 Å². The van der Waals surface area contributed by atoms with Crippen molar-refractivity contribution in [2.45, 2.75) is 6.04 Å². The van der Waals surface area contributed by atoms with Crippen molar-refractivity contribution in [3.8, 4) is 0 Å². The van der Waals surface area contributed by atoms with Gasteiger partial charge in [0.25, 0.3) is 5.91 Å². The molecule has 0 radical (unpaired) electrons. The van der Waals surface area contributed by atoms with Crippen LogP contribution in [0.5, 0.6) is 0 Å². The fourth-order valence-electron chi connectivity index (χ4n) is 2.46. The summed E-state index contributed by atoms with van der Waals surface area (Å²) in [6, 6.07) is 5.53. The van der Waals surface area contributed by atoms with E-state index >= 15 is 0 Å². The average Bonchev–Trinajstić information content (AvgIpc) is 2.94. The van der Waals surface area contributed by atoms with E-state index in [0.29, 0.717) is 17.3 Å². The fraction of sp³-hybridized carbons (Fsp3) is 0.286. The highest BCUT2D eigenvalue weighted by molar-refractivity contribution is 6.30. The largest absolute Gasteiger partial charge is 0.356 e. The van der Waals surface area contributed by atoms with Gasteiger partial charge < -0.3 is 15.2 Å². The first-order chi connectivity index (χ1) is 9.75. The number of carbonyl (C=O) groups is 1. The first-order valence-electron chi connectivity index (χ1n) is 6.51. The Hall–Kier alpha value is -1.85. The van der Waals surface area contributed by atoms with E-state index in [1.54, 1.807) is 24.7 Å². The van der Waals surface area contributed by atoms with E-state index in [4.69, 9.17) is 11.6 Å². The van der Waals surface area contributed by atoms with Crippen LogP contribution in [0.3, 0.4) is 0 Å². The van der Waals surface area contributed by atoms with Crippen molar-refractivity contribution < 1.29 is 4.79 Å². The van der Waals surface area contributed by atoms with E-state index in [2.05, 4.69) is 15.3 Å². The van der Waals surface area contributed by atoms with E-state index < -0.39 is 0 Å². The Balaban J connectivity index is 1.87. The number of rotatable bonds is 2. The minimum absolute atomic E-state index is 0.00738. The lowest BCUT2D eigenvalue weighted by Crippen LogP contribution is -2.48. The molecule has 104 valence electrons. The van der Waals surface area contributed by atoms with Gasteiger partial charge in [0.05, 0.1) is 11.1 Å². The Morgan fingerprint density at radius 1 is 1.50 bits per heavy atom. The molecule has 0 aromatic carbocycles. The quantitative estimate of drug-likeness (QED) is 0.887. The Morgan fingerprint density at radius 2 is 2.40 bits per heavy atom. The topological polar surface area (TPSA) is 61.0 Å². The third-order valence-electron chi connectivity index (χ3n) is 3.45. The molecule has 0 aliphatic carbocycles. The summed E-state index contributed by atoms with van der Waals surface area (Å²) in [6.45, 7) is 2.18. The number of nitrogens with zero attached hydrogens (tertiary/aromatic N) is 2. The van der Waals surface area contributed by atoms with Gasteiger partial charge in [0.1, 0.15) is 5.69 Å². The number of nitrogens with one attached hydrogen (secondary N) is 2. The molecule has 0 saturated carbocycles. The van der Waals surface area contributed by atoms with Crippen molar-refractivity contribution in [1.29, 1.82) is 0 Å². The number of piperazine rings is 1. The Bertz CT molecular complexity index is 598. The molecular weight excluding hydrogens is 276 g/mol. The Morgan fingerprint density at radius 3 is 3.10 bits per heavy atom. The molecule has 2 aromatic heterocycles. The predicted octanol–water partition coefficient (Wildman–Crippen LogP) is 1.85. The van der Waals surface area contributed by atoms with Gasteiger partial charge in [-0.2, -0.15) is 0 Å². The van der Waals surface area contributed by atoms with Gasteiger partial charge >= 0.3 is 0 Å². The zero-order chi connectivity index (χ0) is 13.9. The van der Waals surface area contributed by atoms with E-state index in [0.717, 1.165) is 18.7 Å². The van der Waals surface area contributed by atoms with Crippen LogP contribution < -0.4 is 5.32 Å². The van der Waals surface area contributed by atoms with Crippen LogP contribution >= 0.6 is 11.6 Å². The minimum atomic E-state index is -0.0350. The van der Waals surface area contributed by atoms with Crippen LogP contribution in [0.4, 0.5) is 0 Å². The molecule has 1 saturated heterocycles. The molecule has 2 N–H and O–H groups in total. The molecule has 1 aliphatic rings. The number of aromatic amines is 1. The second-order valence-corrected chi connectivity index (χ2v) is 5.17. The van der Waals surface area contributed by atoms with Crippen LogP contribution in [-0.4, -0.2) is 40.4 Å². The van der Waals surface area contributed by atoms with Crippen LogP contribution in [0, 0.1) is 0 Å². The molecule has 1 unspecified atom stereocenters. The number of carbonyl (C=O) groups excluding carboxylic acids is 1. The molecule has 20 heavy (non-hydrogen) atoms. The van der Waals surface area contributed by atoms with E-state index in [9.17, 15) is 4.79 Å². The monoisotopic (exact) mass is 290 g/mol. The second-order valence-electron chi connectivity index (χ2n) is 4.74. The molecular formula is C14H15ClN4O. The number of pyridine rings is 1. The van der Waals surface area contributed by atoms with Gasteiger partial charge in [0.2, 0.25) is 0 Å². The van der Waals surface area contributed by atoms with E-state index in [-0.39, 0.29) is 11.9 Å². The molecule has 2 aromatic rings. The van der Waals surface area contributed by atoms with Crippen molar-refractivity contribution in [2.75, 3.05) is 19.6 Å². The summed E-state index contributed by atoms with van der Waals surface area (Å²) in [5, 5.41) is 3.86. The maximum atomic E-state index is 12.6. The summed E-state index contributed by atoms with van der Waals surface area (Å²) in [5.41, 5.74) is 1.55. The number of halogens is 1. The highest BCUT2D eigenvalue weighted by Crippen LogP contribution is 2.24. The van der Waals surface area contributed by atoms with Crippen LogP contribution in [0.1, 0.15) is 22.1 Å². The standard InChI is InChI=1S/C14H15ClN4O/c15-11-6-12(18-8-11)14(20)19-5-4-17-9-13(19)10-2-1-3-16-7-10/h1-3,6-8,13,17-18H,4-5,9H2. The molecule has 5 nitrogen and oxygen atoms in total. The summed E-state index contributed by atoms with van der Waals surface area (Å²) in [7, 11) is 0. The molecule has 3 rings (SSSR count). The highest BCUT2D eigenvalue weighted by Gasteiger charge is 2.29. The zero-order valence-electron chi connectivity index (χ0n) is 10.8. The summed E-state index contributed by atoms with van der Waals surface area (Å²) < 4.78 is 0. The van der Waals surface area contributed by atoms with Gasteiger partial charge in [-0.15, -0.1) is 0 Å². The van der Waals surface area contributed by atoms with Crippen molar-refractivity contribution in [3.63, 3.8) is 0 Å². The SMILES string of the molecule is O=C(c1cc(Cl)c[nH]1)N1CCNCC1c1cccnc1. The highest BCUT2D eigenvalue weighted by atomic mass is 35.5. The Kier molecular flexibility index (Phi) is 3.71. The molecule has 1 atom stereocenters. The van der Waals surface area contributed by atoms with Crippen LogP contribution in [0.25, 0.3) is 0 Å². The van der Waals surface area contributed by atoms with Crippen LogP contribution in [0.2, 0.25) is 5.02 Å². The second kappa shape index (κ2) is 5.64. The number of hydrogen-bond acceptors (Lipinski definition) is 3. The van der Waals surface area contributed by atoms with Crippen molar-refractivity contribution in [1.82, 2.24) is 20.2 Å². The number of H-pyrrole nitrogens is 1. The first kappa shape index (κ1) is 13.1. The Labute approximate surface area is 122 Å². The molecule has 0 bridgehead atoms. The van der Waals surface area contributed by atoms with Gasteiger partial charge in [-0.05, 0) is 17.7 Å². The lowest BCUT2D eigenvalue weighted by Gasteiger charge is -2.36. The average molecular weight is 291 g/mol. The van der Waals surface area contributed by atoms with Gasteiger partial charge in [-0.3, -0.25) is 9.78 Å². The van der Waals surface area contributed by atoms with E-state index in [1.165, 1.54) is 0 Å². The third kappa shape index (κ3) is 2.55. The number of hydrogen-bond donors (Lipinski definition) is 2.